The number of hydrogen-bond acceptors (Lipinski definition) is 2. The van der Waals surface area contributed by atoms with Crippen LogP contribution in [0.3, 0.4) is 0 Å². The van der Waals surface area contributed by atoms with Gasteiger partial charge in [0.2, 0.25) is 5.91 Å². The van der Waals surface area contributed by atoms with Gasteiger partial charge in [0.15, 0.2) is 0 Å². The highest BCUT2D eigenvalue weighted by Gasteiger charge is 2.32. The van der Waals surface area contributed by atoms with Crippen molar-refractivity contribution in [2.24, 2.45) is 0 Å². The zero-order valence-corrected chi connectivity index (χ0v) is 13.8. The maximum Gasteiger partial charge on any atom is 0.416 e. The van der Waals surface area contributed by atoms with E-state index in [0.29, 0.717) is 6.07 Å². The quantitative estimate of drug-likeness (QED) is 0.680. The Morgan fingerprint density at radius 2 is 1.81 bits per heavy atom. The van der Waals surface area contributed by atoms with Gasteiger partial charge in [0, 0.05) is 0 Å². The largest absolute Gasteiger partial charge is 0.480 e. The third-order valence-corrected chi connectivity index (χ3v) is 5.20. The maximum atomic E-state index is 12.6. The van der Waals surface area contributed by atoms with E-state index in [2.05, 4.69) is 37.2 Å². The summed E-state index contributed by atoms with van der Waals surface area (Å²) in [7, 11) is 0. The molecule has 0 aliphatic rings. The van der Waals surface area contributed by atoms with Crippen LogP contribution in [0, 0.1) is 0 Å². The van der Waals surface area contributed by atoms with E-state index in [9.17, 15) is 22.8 Å². The molecule has 0 heterocycles. The van der Waals surface area contributed by atoms with Gasteiger partial charge in [-0.1, -0.05) is 43.5 Å². The van der Waals surface area contributed by atoms with Crippen LogP contribution in [0.5, 0.6) is 0 Å². The van der Waals surface area contributed by atoms with Crippen LogP contribution in [-0.2, 0) is 15.8 Å². The summed E-state index contributed by atoms with van der Waals surface area (Å²) in [5.74, 6) is -2.15. The van der Waals surface area contributed by atoms with Crippen molar-refractivity contribution in [3.05, 3.63) is 28.8 Å². The molecule has 0 saturated heterocycles. The van der Waals surface area contributed by atoms with Gasteiger partial charge in [-0.15, -0.1) is 0 Å². The van der Waals surface area contributed by atoms with E-state index in [0.717, 1.165) is 12.1 Å². The number of amides is 1. The minimum Gasteiger partial charge on any atom is -0.480 e. The Labute approximate surface area is 138 Å². The summed E-state index contributed by atoms with van der Waals surface area (Å²) in [6.45, 7) is 0. The molecule has 0 radical (unpaired) electrons. The van der Waals surface area contributed by atoms with Gasteiger partial charge in [-0.3, -0.25) is 9.59 Å². The van der Waals surface area contributed by atoms with Crippen LogP contribution in [0.25, 0.3) is 0 Å². The number of hydrogen-bond donors (Lipinski definition) is 2. The first-order valence-corrected chi connectivity index (χ1v) is 7.43. The number of benzene rings is 1. The molecule has 2 atom stereocenters. The Kier molecular flexibility index (Phi) is 6.06. The predicted molar refractivity (Wildman–Crippen MR) is 78.1 cm³/mol. The summed E-state index contributed by atoms with van der Waals surface area (Å²) in [4.78, 5) is 20.1. The fraction of sp³-hybridized carbons (Fsp3) is 0.273. The Hall–Kier alpha value is -0.800. The van der Waals surface area contributed by atoms with Crippen molar-refractivity contribution in [3.8, 4) is 0 Å². The van der Waals surface area contributed by atoms with E-state index in [1.54, 1.807) is 0 Å². The highest BCUT2D eigenvalue weighted by molar-refractivity contribution is 9.12. The normalized spacial score (nSPS) is 14.4. The second kappa shape index (κ2) is 6.97. The molecule has 0 saturated carbocycles. The van der Waals surface area contributed by atoms with E-state index in [1.807, 2.05) is 0 Å². The van der Waals surface area contributed by atoms with Gasteiger partial charge >= 0.3 is 12.1 Å². The zero-order valence-electron chi connectivity index (χ0n) is 9.92. The third kappa shape index (κ3) is 4.86. The molecular formula is C11H7Br2ClF3NO3. The first-order valence-electron chi connectivity index (χ1n) is 5.22. The molecule has 1 aromatic rings. The summed E-state index contributed by atoms with van der Waals surface area (Å²) in [6.07, 6.45) is -4.59. The lowest BCUT2D eigenvalue weighted by atomic mass is 10.2. The number of carboxylic acid groups (broad SMARTS) is 1. The average molecular weight is 453 g/mol. The molecule has 0 bridgehead atoms. The highest BCUT2D eigenvalue weighted by Crippen LogP contribution is 2.34. The Bertz CT molecular complexity index is 568. The molecule has 1 amide bonds. The van der Waals surface area contributed by atoms with Crippen molar-refractivity contribution in [3.63, 3.8) is 0 Å². The molecule has 10 heteroatoms. The molecule has 2 N–H and O–H groups in total. The Morgan fingerprint density at radius 1 is 1.24 bits per heavy atom. The summed E-state index contributed by atoms with van der Waals surface area (Å²) in [5.41, 5.74) is -1.24. The predicted octanol–water partition coefficient (Wildman–Crippen LogP) is 3.91. The van der Waals surface area contributed by atoms with E-state index in [4.69, 9.17) is 16.7 Å². The number of anilines is 1. The molecule has 0 aliphatic heterocycles. The Balaban J connectivity index is 2.97. The van der Waals surface area contributed by atoms with Crippen molar-refractivity contribution in [2.75, 3.05) is 5.32 Å². The number of alkyl halides is 5. The maximum absolute atomic E-state index is 12.6. The molecule has 0 fully saturated rings. The molecule has 2 unspecified atom stereocenters. The summed E-state index contributed by atoms with van der Waals surface area (Å²) in [5, 5.41) is 10.8. The molecule has 1 aromatic carbocycles. The van der Waals surface area contributed by atoms with Gasteiger partial charge in [0.1, 0.15) is 9.65 Å². The van der Waals surface area contributed by atoms with Crippen LogP contribution >= 0.6 is 43.5 Å². The average Bonchev–Trinajstić information content (AvgIpc) is 2.37. The van der Waals surface area contributed by atoms with Gasteiger partial charge in [-0.25, -0.2) is 0 Å². The van der Waals surface area contributed by atoms with Crippen molar-refractivity contribution in [1.29, 1.82) is 0 Å². The third-order valence-electron chi connectivity index (χ3n) is 2.29. The van der Waals surface area contributed by atoms with E-state index >= 15 is 0 Å². The molecule has 4 nitrogen and oxygen atoms in total. The zero-order chi connectivity index (χ0) is 16.4. The Morgan fingerprint density at radius 3 is 2.29 bits per heavy atom. The minimum absolute atomic E-state index is 0.0995. The van der Waals surface area contributed by atoms with Crippen molar-refractivity contribution in [2.45, 2.75) is 15.8 Å². The second-order valence-corrected chi connectivity index (χ2v) is 6.20. The van der Waals surface area contributed by atoms with Crippen molar-refractivity contribution < 1.29 is 27.9 Å². The summed E-state index contributed by atoms with van der Waals surface area (Å²) >= 11 is 11.3. The molecule has 0 aromatic heterocycles. The van der Waals surface area contributed by atoms with Crippen LogP contribution < -0.4 is 5.32 Å². The number of rotatable bonds is 4. The number of carbonyl (C=O) groups excluding carboxylic acids is 1. The highest BCUT2D eigenvalue weighted by atomic mass is 79.9. The smallest absolute Gasteiger partial charge is 0.416 e. The van der Waals surface area contributed by atoms with Gasteiger partial charge in [-0.05, 0) is 18.2 Å². The molecule has 0 spiro atoms. The summed E-state index contributed by atoms with van der Waals surface area (Å²) < 4.78 is 37.7. The van der Waals surface area contributed by atoms with Crippen molar-refractivity contribution in [1.82, 2.24) is 0 Å². The first-order chi connectivity index (χ1) is 9.54. The lowest BCUT2D eigenvalue weighted by Crippen LogP contribution is -2.34. The van der Waals surface area contributed by atoms with Crippen LogP contribution in [0.1, 0.15) is 5.56 Å². The van der Waals surface area contributed by atoms with Gasteiger partial charge in [0.05, 0.1) is 16.3 Å². The second-order valence-electron chi connectivity index (χ2n) is 3.82. The lowest BCUT2D eigenvalue weighted by molar-refractivity contribution is -0.138. The number of carboxylic acids is 1. The van der Waals surface area contributed by atoms with Gasteiger partial charge in [0.25, 0.3) is 0 Å². The van der Waals surface area contributed by atoms with E-state index in [1.165, 1.54) is 0 Å². The summed E-state index contributed by atoms with van der Waals surface area (Å²) in [6, 6.07) is 2.43. The molecule has 1 rings (SSSR count). The number of aliphatic carboxylic acids is 1. The number of nitrogens with one attached hydrogen (secondary N) is 1. The molecule has 21 heavy (non-hydrogen) atoms. The minimum atomic E-state index is -4.59. The van der Waals surface area contributed by atoms with Gasteiger partial charge in [-0.2, -0.15) is 13.2 Å². The fourth-order valence-corrected chi connectivity index (χ4v) is 2.00. The van der Waals surface area contributed by atoms with Crippen LogP contribution in [0.15, 0.2) is 18.2 Å². The first kappa shape index (κ1) is 18.2. The van der Waals surface area contributed by atoms with E-state index in [-0.39, 0.29) is 10.7 Å². The van der Waals surface area contributed by atoms with E-state index < -0.39 is 33.3 Å². The fourth-order valence-electron chi connectivity index (χ4n) is 1.26. The topological polar surface area (TPSA) is 66.4 Å². The van der Waals surface area contributed by atoms with Gasteiger partial charge < -0.3 is 10.4 Å². The number of carbonyl (C=O) groups is 2. The van der Waals surface area contributed by atoms with Crippen LogP contribution in [0.4, 0.5) is 18.9 Å². The van der Waals surface area contributed by atoms with Crippen LogP contribution in [-0.4, -0.2) is 26.6 Å². The SMILES string of the molecule is O=C(O)C(Br)C(Br)C(=O)Nc1cc(C(F)(F)F)ccc1Cl. The van der Waals surface area contributed by atoms with Crippen molar-refractivity contribution >= 4 is 61.0 Å². The molecule has 116 valence electrons. The monoisotopic (exact) mass is 451 g/mol. The number of halogens is 6. The lowest BCUT2D eigenvalue weighted by Gasteiger charge is -2.15. The molecular weight excluding hydrogens is 446 g/mol. The molecule has 0 aliphatic carbocycles. The van der Waals surface area contributed by atoms with Crippen LogP contribution in [0.2, 0.25) is 5.02 Å². The standard InChI is InChI=1S/C11H7Br2ClF3NO3/c12-7(8(13)10(20)21)9(19)18-6-3-4(11(15,16)17)1-2-5(6)14/h1-3,7-8H,(H,18,19)(H,20,21).